The van der Waals surface area contributed by atoms with Crippen LogP contribution in [0.15, 0.2) is 0 Å². The molecule has 18 heavy (non-hydrogen) atoms. The second-order valence-corrected chi connectivity index (χ2v) is 6.58. The van der Waals surface area contributed by atoms with Gasteiger partial charge in [0.25, 0.3) is 0 Å². The van der Waals surface area contributed by atoms with Crippen LogP contribution in [-0.2, 0) is 6.54 Å². The van der Waals surface area contributed by atoms with Gasteiger partial charge in [0.2, 0.25) is 0 Å². The summed E-state index contributed by atoms with van der Waals surface area (Å²) in [5.41, 5.74) is 1.24. The van der Waals surface area contributed by atoms with Crippen molar-refractivity contribution in [1.29, 1.82) is 0 Å². The molecule has 0 bridgehead atoms. The largest absolute Gasteiger partial charge is 0.312 e. The smallest absolute Gasteiger partial charge is 0.0962 e. The van der Waals surface area contributed by atoms with E-state index in [-0.39, 0.29) is 0 Å². The van der Waals surface area contributed by atoms with Crippen LogP contribution < -0.4 is 5.32 Å². The topological polar surface area (TPSA) is 24.9 Å². The van der Waals surface area contributed by atoms with Crippen molar-refractivity contribution in [3.63, 3.8) is 0 Å². The number of aryl methyl sites for hydroxylation is 1. The van der Waals surface area contributed by atoms with E-state index < -0.39 is 0 Å². The number of hydrogen-bond donors (Lipinski definition) is 1. The molecule has 1 N–H and O–H groups in total. The minimum Gasteiger partial charge on any atom is -0.312 e. The number of aromatic nitrogens is 1. The lowest BCUT2D eigenvalue weighted by Crippen LogP contribution is -2.12. The first kappa shape index (κ1) is 14.0. The molecule has 102 valence electrons. The van der Waals surface area contributed by atoms with Crippen molar-refractivity contribution in [2.45, 2.75) is 65.3 Å². The monoisotopic (exact) mass is 266 g/mol. The molecule has 0 aromatic carbocycles. The molecule has 1 aliphatic carbocycles. The molecule has 3 heteroatoms. The zero-order chi connectivity index (χ0) is 13.0. The first-order valence-electron chi connectivity index (χ1n) is 7.41. The maximum absolute atomic E-state index is 4.82. The summed E-state index contributed by atoms with van der Waals surface area (Å²) in [6.07, 6.45) is 6.87. The lowest BCUT2D eigenvalue weighted by molar-refractivity contribution is 0.318. The Bertz CT molecular complexity index is 365. The molecule has 0 aliphatic heterocycles. The zero-order valence-corrected chi connectivity index (χ0v) is 12.8. The van der Waals surface area contributed by atoms with Crippen molar-refractivity contribution < 1.29 is 0 Å². The van der Waals surface area contributed by atoms with Crippen molar-refractivity contribution in [2.75, 3.05) is 6.54 Å². The third-order valence-electron chi connectivity index (χ3n) is 4.22. The van der Waals surface area contributed by atoms with Crippen molar-refractivity contribution in [1.82, 2.24) is 10.3 Å². The van der Waals surface area contributed by atoms with E-state index in [0.29, 0.717) is 0 Å². The number of hydrogen-bond acceptors (Lipinski definition) is 3. The second-order valence-electron chi connectivity index (χ2n) is 5.47. The third-order valence-corrected chi connectivity index (χ3v) is 5.54. The van der Waals surface area contributed by atoms with Gasteiger partial charge in [0.1, 0.15) is 0 Å². The summed E-state index contributed by atoms with van der Waals surface area (Å²) in [5.74, 6) is 1.72. The Balaban J connectivity index is 1.97. The summed E-state index contributed by atoms with van der Waals surface area (Å²) in [7, 11) is 0. The highest BCUT2D eigenvalue weighted by Crippen LogP contribution is 2.39. The van der Waals surface area contributed by atoms with E-state index in [1.54, 1.807) is 0 Å². The first-order chi connectivity index (χ1) is 8.74. The Kier molecular flexibility index (Phi) is 5.19. The van der Waals surface area contributed by atoms with Gasteiger partial charge in [0.15, 0.2) is 0 Å². The van der Waals surface area contributed by atoms with E-state index in [4.69, 9.17) is 4.98 Å². The molecular weight excluding hydrogens is 240 g/mol. The molecule has 1 aliphatic rings. The van der Waals surface area contributed by atoms with Crippen LogP contribution in [0.25, 0.3) is 0 Å². The second kappa shape index (κ2) is 6.67. The van der Waals surface area contributed by atoms with Gasteiger partial charge in [-0.2, -0.15) is 0 Å². The highest BCUT2D eigenvalue weighted by atomic mass is 32.1. The molecule has 1 saturated carbocycles. The van der Waals surface area contributed by atoms with Crippen molar-refractivity contribution >= 4 is 11.3 Å². The standard InChI is InChI=1S/C15H26N2S/c1-4-12-6-8-13(9-7-12)15-17-11(3)14(18-15)10-16-5-2/h12-13,16H,4-10H2,1-3H3. The van der Waals surface area contributed by atoms with E-state index >= 15 is 0 Å². The molecule has 0 saturated heterocycles. The van der Waals surface area contributed by atoms with Crippen LogP contribution in [0.4, 0.5) is 0 Å². The van der Waals surface area contributed by atoms with Gasteiger partial charge in [-0.05, 0) is 45.1 Å². The average Bonchev–Trinajstić information content (AvgIpc) is 2.78. The van der Waals surface area contributed by atoms with Gasteiger partial charge < -0.3 is 5.32 Å². The van der Waals surface area contributed by atoms with E-state index in [1.807, 2.05) is 11.3 Å². The molecule has 1 fully saturated rings. The molecule has 0 atom stereocenters. The predicted octanol–water partition coefficient (Wildman–Crippen LogP) is 4.24. The quantitative estimate of drug-likeness (QED) is 0.862. The Morgan fingerprint density at radius 3 is 2.56 bits per heavy atom. The van der Waals surface area contributed by atoms with Crippen LogP contribution in [0.1, 0.15) is 67.4 Å². The summed E-state index contributed by atoms with van der Waals surface area (Å²) in [5, 5.41) is 4.81. The molecule has 1 aromatic heterocycles. The van der Waals surface area contributed by atoms with E-state index in [0.717, 1.165) is 24.9 Å². The van der Waals surface area contributed by atoms with Crippen LogP contribution in [0.3, 0.4) is 0 Å². The Morgan fingerprint density at radius 2 is 1.94 bits per heavy atom. The van der Waals surface area contributed by atoms with E-state index in [9.17, 15) is 0 Å². The van der Waals surface area contributed by atoms with Gasteiger partial charge in [-0.1, -0.05) is 20.3 Å². The van der Waals surface area contributed by atoms with Gasteiger partial charge in [-0.15, -0.1) is 11.3 Å². The van der Waals surface area contributed by atoms with Crippen LogP contribution in [0.5, 0.6) is 0 Å². The fraction of sp³-hybridized carbons (Fsp3) is 0.800. The van der Waals surface area contributed by atoms with Gasteiger partial charge in [0.05, 0.1) is 10.7 Å². The van der Waals surface area contributed by atoms with Crippen molar-refractivity contribution in [3.8, 4) is 0 Å². The van der Waals surface area contributed by atoms with E-state index in [2.05, 4.69) is 26.1 Å². The average molecular weight is 266 g/mol. The SMILES string of the molecule is CCNCc1sc(C2CCC(CC)CC2)nc1C. The zero-order valence-electron chi connectivity index (χ0n) is 12.0. The maximum atomic E-state index is 4.82. The minimum absolute atomic E-state index is 0.742. The van der Waals surface area contributed by atoms with Crippen LogP contribution in [0.2, 0.25) is 0 Å². The highest BCUT2D eigenvalue weighted by Gasteiger charge is 2.24. The lowest BCUT2D eigenvalue weighted by Gasteiger charge is -2.26. The molecule has 0 amide bonds. The molecular formula is C15H26N2S. The van der Waals surface area contributed by atoms with Crippen LogP contribution >= 0.6 is 11.3 Å². The number of rotatable bonds is 5. The van der Waals surface area contributed by atoms with Crippen molar-refractivity contribution in [3.05, 3.63) is 15.6 Å². The third kappa shape index (κ3) is 3.33. The summed E-state index contributed by atoms with van der Waals surface area (Å²) < 4.78 is 0. The maximum Gasteiger partial charge on any atom is 0.0962 e. The number of nitrogens with one attached hydrogen (secondary N) is 1. The number of nitrogens with zero attached hydrogens (tertiary/aromatic N) is 1. The summed E-state index contributed by atoms with van der Waals surface area (Å²) >= 11 is 1.94. The Hall–Kier alpha value is -0.410. The Labute approximate surface area is 115 Å². The molecule has 1 heterocycles. The molecule has 0 spiro atoms. The molecule has 0 radical (unpaired) electrons. The fourth-order valence-electron chi connectivity index (χ4n) is 2.85. The minimum atomic E-state index is 0.742. The molecule has 2 rings (SSSR count). The van der Waals surface area contributed by atoms with Gasteiger partial charge in [0, 0.05) is 17.3 Å². The van der Waals surface area contributed by atoms with Gasteiger partial charge in [-0.3, -0.25) is 0 Å². The fourth-order valence-corrected chi connectivity index (χ4v) is 4.05. The first-order valence-corrected chi connectivity index (χ1v) is 8.23. The normalized spacial score (nSPS) is 24.4. The van der Waals surface area contributed by atoms with Gasteiger partial charge in [-0.25, -0.2) is 4.98 Å². The Morgan fingerprint density at radius 1 is 1.22 bits per heavy atom. The van der Waals surface area contributed by atoms with Crippen LogP contribution in [-0.4, -0.2) is 11.5 Å². The predicted molar refractivity (Wildman–Crippen MR) is 79.2 cm³/mol. The summed E-state index contributed by atoms with van der Waals surface area (Å²) in [6, 6.07) is 0. The van der Waals surface area contributed by atoms with Crippen LogP contribution in [0, 0.1) is 12.8 Å². The summed E-state index contributed by atoms with van der Waals surface area (Å²) in [4.78, 5) is 6.25. The van der Waals surface area contributed by atoms with E-state index in [1.165, 1.54) is 47.7 Å². The molecule has 1 aromatic rings. The number of thiazole rings is 1. The molecule has 0 unspecified atom stereocenters. The molecule has 2 nitrogen and oxygen atoms in total. The lowest BCUT2D eigenvalue weighted by atomic mass is 9.81. The van der Waals surface area contributed by atoms with Gasteiger partial charge >= 0.3 is 0 Å². The van der Waals surface area contributed by atoms with Crippen molar-refractivity contribution in [2.24, 2.45) is 5.92 Å². The highest BCUT2D eigenvalue weighted by molar-refractivity contribution is 7.11. The summed E-state index contributed by atoms with van der Waals surface area (Å²) in [6.45, 7) is 8.67.